The second kappa shape index (κ2) is 7.75. The van der Waals surface area contributed by atoms with Crippen molar-refractivity contribution in [1.29, 1.82) is 0 Å². The summed E-state index contributed by atoms with van der Waals surface area (Å²) in [5.41, 5.74) is 5.68. The lowest BCUT2D eigenvalue weighted by atomic mass is 9.82. The highest BCUT2D eigenvalue weighted by Gasteiger charge is 2.35. The number of amides is 1. The van der Waals surface area contributed by atoms with E-state index in [0.717, 1.165) is 52.0 Å². The van der Waals surface area contributed by atoms with Gasteiger partial charge in [0.1, 0.15) is 0 Å². The Bertz CT molecular complexity index is 494. The third-order valence-electron chi connectivity index (χ3n) is 5.01. The molecule has 23 heavy (non-hydrogen) atoms. The Balaban J connectivity index is 1.63. The second-order valence-corrected chi connectivity index (χ2v) is 7.59. The van der Waals surface area contributed by atoms with Crippen LogP contribution in [0.5, 0.6) is 0 Å². The second-order valence-electron chi connectivity index (χ2n) is 6.61. The topological polar surface area (TPSA) is 67.6 Å². The zero-order valence-electron chi connectivity index (χ0n) is 13.6. The van der Waals surface area contributed by atoms with Gasteiger partial charge in [-0.1, -0.05) is 25.3 Å². The number of nitrogens with one attached hydrogen (secondary N) is 1. The summed E-state index contributed by atoms with van der Waals surface area (Å²) in [6.45, 7) is 3.96. The predicted octanol–water partition coefficient (Wildman–Crippen LogP) is 1.90. The molecular weight excluding hydrogens is 310 g/mol. The average molecular weight is 337 g/mol. The molecule has 0 bridgehead atoms. The third kappa shape index (κ3) is 4.12. The fourth-order valence-corrected chi connectivity index (χ4v) is 4.42. The Morgan fingerprint density at radius 3 is 2.74 bits per heavy atom. The molecule has 3 N–H and O–H groups in total. The van der Waals surface area contributed by atoms with Crippen molar-refractivity contribution in [2.75, 3.05) is 32.8 Å². The Morgan fingerprint density at radius 2 is 2.09 bits per heavy atom. The van der Waals surface area contributed by atoms with Crippen LogP contribution in [0.25, 0.3) is 0 Å². The van der Waals surface area contributed by atoms with Crippen LogP contribution >= 0.6 is 11.3 Å². The number of nitrogens with zero attached hydrogens (tertiary/aromatic N) is 1. The molecule has 0 radical (unpaired) electrons. The fourth-order valence-electron chi connectivity index (χ4n) is 3.55. The van der Waals surface area contributed by atoms with Crippen LogP contribution in [0.1, 0.15) is 43.0 Å². The number of nitrogens with two attached hydrogens (primary N) is 1. The lowest BCUT2D eigenvalue weighted by Crippen LogP contribution is -2.56. The first kappa shape index (κ1) is 16.9. The quantitative estimate of drug-likeness (QED) is 0.861. The lowest BCUT2D eigenvalue weighted by Gasteiger charge is -2.36. The van der Waals surface area contributed by atoms with Crippen molar-refractivity contribution in [3.63, 3.8) is 0 Å². The van der Waals surface area contributed by atoms with Gasteiger partial charge in [0.05, 0.1) is 24.8 Å². The minimum atomic E-state index is -0.663. The minimum absolute atomic E-state index is 0.0204. The summed E-state index contributed by atoms with van der Waals surface area (Å²) in [5, 5.41) is 5.23. The molecule has 0 spiro atoms. The van der Waals surface area contributed by atoms with Gasteiger partial charge in [0.2, 0.25) is 5.91 Å². The smallest absolute Gasteiger partial charge is 0.240 e. The molecule has 2 aliphatic rings. The third-order valence-corrected chi connectivity index (χ3v) is 5.99. The molecule has 128 valence electrons. The van der Waals surface area contributed by atoms with Crippen LogP contribution in [-0.2, 0) is 9.53 Å². The van der Waals surface area contributed by atoms with Crippen molar-refractivity contribution < 1.29 is 9.53 Å². The van der Waals surface area contributed by atoms with Crippen LogP contribution < -0.4 is 11.1 Å². The molecule has 2 fully saturated rings. The first-order valence-corrected chi connectivity index (χ1v) is 9.49. The molecule has 5 nitrogen and oxygen atoms in total. The number of carbonyl (C=O) groups excluding carboxylic acids is 1. The number of ether oxygens (including phenoxy) is 1. The predicted molar refractivity (Wildman–Crippen MR) is 92.5 cm³/mol. The molecule has 1 amide bonds. The molecule has 2 heterocycles. The largest absolute Gasteiger partial charge is 0.379 e. The molecule has 1 aromatic rings. The average Bonchev–Trinajstić information content (AvgIpc) is 3.11. The van der Waals surface area contributed by atoms with Crippen LogP contribution in [0.15, 0.2) is 17.5 Å². The van der Waals surface area contributed by atoms with Gasteiger partial charge >= 0.3 is 0 Å². The molecule has 6 heteroatoms. The molecular formula is C17H27N3O2S. The van der Waals surface area contributed by atoms with Crippen LogP contribution in [0, 0.1) is 0 Å². The molecule has 1 atom stereocenters. The monoisotopic (exact) mass is 337 g/mol. The van der Waals surface area contributed by atoms with E-state index in [1.165, 1.54) is 11.3 Å². The van der Waals surface area contributed by atoms with Crippen LogP contribution in [-0.4, -0.2) is 49.2 Å². The number of hydrogen-bond acceptors (Lipinski definition) is 5. The lowest BCUT2D eigenvalue weighted by molar-refractivity contribution is -0.127. The van der Waals surface area contributed by atoms with Gasteiger partial charge in [-0.2, -0.15) is 0 Å². The van der Waals surface area contributed by atoms with Gasteiger partial charge < -0.3 is 15.8 Å². The minimum Gasteiger partial charge on any atom is -0.379 e. The summed E-state index contributed by atoms with van der Waals surface area (Å²) in [4.78, 5) is 16.3. The van der Waals surface area contributed by atoms with Gasteiger partial charge in [0.25, 0.3) is 0 Å². The van der Waals surface area contributed by atoms with Gasteiger partial charge in [0, 0.05) is 24.5 Å². The van der Waals surface area contributed by atoms with E-state index in [-0.39, 0.29) is 11.9 Å². The standard InChI is InChI=1S/C17H27N3O2S/c18-17(6-2-1-3-7-17)16(21)19-13-14(15-5-4-12-23-15)20-8-10-22-11-9-20/h4-5,12,14H,1-3,6-11,13,18H2,(H,19,21). The summed E-state index contributed by atoms with van der Waals surface area (Å²) in [6.07, 6.45) is 4.92. The Kier molecular flexibility index (Phi) is 5.69. The van der Waals surface area contributed by atoms with E-state index in [9.17, 15) is 4.79 Å². The van der Waals surface area contributed by atoms with Gasteiger partial charge in [0.15, 0.2) is 0 Å². The molecule has 0 aromatic carbocycles. The summed E-state index contributed by atoms with van der Waals surface area (Å²) < 4.78 is 5.46. The molecule has 1 aromatic heterocycles. The number of hydrogen-bond donors (Lipinski definition) is 2. The first-order chi connectivity index (χ1) is 11.2. The summed E-state index contributed by atoms with van der Waals surface area (Å²) in [5.74, 6) is 0.0204. The number of morpholine rings is 1. The van der Waals surface area contributed by atoms with E-state index < -0.39 is 5.54 Å². The van der Waals surface area contributed by atoms with E-state index in [2.05, 4.69) is 27.7 Å². The summed E-state index contributed by atoms with van der Waals surface area (Å²) in [7, 11) is 0. The van der Waals surface area contributed by atoms with E-state index in [4.69, 9.17) is 10.5 Å². The Morgan fingerprint density at radius 1 is 1.35 bits per heavy atom. The maximum Gasteiger partial charge on any atom is 0.240 e. The molecule has 1 saturated carbocycles. The molecule has 1 aliphatic heterocycles. The van der Waals surface area contributed by atoms with Crippen molar-refractivity contribution in [3.8, 4) is 0 Å². The number of thiophene rings is 1. The van der Waals surface area contributed by atoms with E-state index in [1.807, 2.05) is 0 Å². The van der Waals surface area contributed by atoms with Crippen molar-refractivity contribution in [1.82, 2.24) is 10.2 Å². The highest BCUT2D eigenvalue weighted by Crippen LogP contribution is 2.28. The number of rotatable bonds is 5. The van der Waals surface area contributed by atoms with E-state index in [1.54, 1.807) is 11.3 Å². The number of carbonyl (C=O) groups is 1. The molecule has 3 rings (SSSR count). The van der Waals surface area contributed by atoms with Crippen molar-refractivity contribution in [2.24, 2.45) is 5.73 Å². The Hall–Kier alpha value is -0.950. The van der Waals surface area contributed by atoms with Gasteiger partial charge in [-0.25, -0.2) is 0 Å². The summed E-state index contributed by atoms with van der Waals surface area (Å²) in [6, 6.07) is 4.44. The van der Waals surface area contributed by atoms with Crippen LogP contribution in [0.4, 0.5) is 0 Å². The highest BCUT2D eigenvalue weighted by molar-refractivity contribution is 7.10. The van der Waals surface area contributed by atoms with E-state index >= 15 is 0 Å². The molecule has 1 saturated heterocycles. The molecule has 1 aliphatic carbocycles. The van der Waals surface area contributed by atoms with Gasteiger partial charge in [-0.3, -0.25) is 9.69 Å². The highest BCUT2D eigenvalue weighted by atomic mass is 32.1. The maximum absolute atomic E-state index is 12.6. The van der Waals surface area contributed by atoms with Gasteiger partial charge in [-0.15, -0.1) is 11.3 Å². The van der Waals surface area contributed by atoms with Crippen LogP contribution in [0.2, 0.25) is 0 Å². The van der Waals surface area contributed by atoms with Crippen molar-refractivity contribution in [2.45, 2.75) is 43.7 Å². The normalized spacial score (nSPS) is 23.3. The fraction of sp³-hybridized carbons (Fsp3) is 0.706. The van der Waals surface area contributed by atoms with Gasteiger partial charge in [-0.05, 0) is 24.3 Å². The zero-order valence-corrected chi connectivity index (χ0v) is 14.4. The van der Waals surface area contributed by atoms with Crippen molar-refractivity contribution in [3.05, 3.63) is 22.4 Å². The molecule has 1 unspecified atom stereocenters. The van der Waals surface area contributed by atoms with E-state index in [0.29, 0.717) is 6.54 Å². The Labute approximate surface area is 142 Å². The zero-order chi connectivity index (χ0) is 16.1. The van der Waals surface area contributed by atoms with Crippen LogP contribution in [0.3, 0.4) is 0 Å². The first-order valence-electron chi connectivity index (χ1n) is 8.61. The maximum atomic E-state index is 12.6. The SMILES string of the molecule is NC1(C(=O)NCC(c2cccs2)N2CCOCC2)CCCCC1. The van der Waals surface area contributed by atoms with Crippen molar-refractivity contribution >= 4 is 17.2 Å². The summed E-state index contributed by atoms with van der Waals surface area (Å²) >= 11 is 1.75.